The maximum Gasteiger partial charge on any atom is 0.264 e. The van der Waals surface area contributed by atoms with E-state index in [4.69, 9.17) is 4.74 Å². The molecule has 2 aromatic rings. The van der Waals surface area contributed by atoms with Crippen LogP contribution in [0.3, 0.4) is 0 Å². The normalized spacial score (nSPS) is 11.3. The van der Waals surface area contributed by atoms with Crippen LogP contribution in [0.4, 0.5) is 11.4 Å². The quantitative estimate of drug-likeness (QED) is 0.581. The van der Waals surface area contributed by atoms with E-state index >= 15 is 0 Å². The summed E-state index contributed by atoms with van der Waals surface area (Å²) in [6.45, 7) is 3.02. The van der Waals surface area contributed by atoms with E-state index in [9.17, 15) is 13.2 Å². The molecule has 0 radical (unpaired) electrons. The first kappa shape index (κ1) is 23.2. The zero-order valence-corrected chi connectivity index (χ0v) is 19.0. The molecule has 7 nitrogen and oxygen atoms in total. The van der Waals surface area contributed by atoms with Crippen molar-refractivity contribution in [2.75, 3.05) is 49.7 Å². The molecule has 0 aliphatic rings. The molecule has 0 spiro atoms. The summed E-state index contributed by atoms with van der Waals surface area (Å²) in [6, 6.07) is 9.05. The Morgan fingerprint density at radius 3 is 2.59 bits per heavy atom. The molecule has 0 saturated heterocycles. The average Bonchev–Trinajstić information content (AvgIpc) is 3.18. The van der Waals surface area contributed by atoms with Gasteiger partial charge in [-0.3, -0.25) is 9.52 Å². The van der Waals surface area contributed by atoms with Gasteiger partial charge in [-0.05, 0) is 41.6 Å². The van der Waals surface area contributed by atoms with E-state index in [-0.39, 0.29) is 11.7 Å². The van der Waals surface area contributed by atoms with Gasteiger partial charge < -0.3 is 14.5 Å². The largest absolute Gasteiger partial charge is 0.383 e. The van der Waals surface area contributed by atoms with E-state index in [1.807, 2.05) is 43.4 Å². The molecule has 1 N–H and O–H groups in total. The number of carbonyl (C=O) groups excluding carboxylic acids is 1. The minimum Gasteiger partial charge on any atom is -0.383 e. The molecule has 1 heterocycles. The van der Waals surface area contributed by atoms with E-state index in [0.717, 1.165) is 11.3 Å². The number of hydrogen-bond donors (Lipinski definition) is 1. The molecule has 0 bridgehead atoms. The van der Waals surface area contributed by atoms with Crippen molar-refractivity contribution in [2.45, 2.75) is 19.9 Å². The molecule has 0 fully saturated rings. The summed E-state index contributed by atoms with van der Waals surface area (Å²) < 4.78 is 32.1. The summed E-state index contributed by atoms with van der Waals surface area (Å²) in [4.78, 5) is 17.3. The summed E-state index contributed by atoms with van der Waals surface area (Å²) in [5.74, 6) is -0.00655. The third-order valence-corrected chi connectivity index (χ3v) is 6.60. The summed E-state index contributed by atoms with van der Waals surface area (Å²) in [5.41, 5.74) is 2.27. The van der Waals surface area contributed by atoms with Gasteiger partial charge in [-0.25, -0.2) is 8.42 Å². The molecule has 1 aromatic carbocycles. The summed E-state index contributed by atoms with van der Waals surface area (Å²) in [6.07, 6.45) is 0.540. The lowest BCUT2D eigenvalue weighted by atomic mass is 10.1. The Balaban J connectivity index is 2.34. The van der Waals surface area contributed by atoms with Crippen LogP contribution in [0, 0.1) is 0 Å². The topological polar surface area (TPSA) is 79.0 Å². The van der Waals surface area contributed by atoms with E-state index in [2.05, 4.69) is 4.72 Å². The van der Waals surface area contributed by atoms with Gasteiger partial charge in [0.25, 0.3) is 5.91 Å². The Morgan fingerprint density at radius 1 is 1.24 bits per heavy atom. The number of nitrogens with zero attached hydrogens (tertiary/aromatic N) is 2. The zero-order chi connectivity index (χ0) is 21.4. The first-order valence-corrected chi connectivity index (χ1v) is 11.9. The Labute approximate surface area is 177 Å². The molecule has 160 valence electrons. The Hall–Kier alpha value is -2.10. The van der Waals surface area contributed by atoms with Crippen molar-refractivity contribution >= 4 is 38.6 Å². The number of sulfonamides is 1. The smallest absolute Gasteiger partial charge is 0.264 e. The second-order valence-corrected chi connectivity index (χ2v) is 9.65. The second kappa shape index (κ2) is 10.6. The third-order valence-electron chi connectivity index (χ3n) is 4.25. The minimum atomic E-state index is -3.39. The number of methoxy groups -OCH3 is 1. The lowest BCUT2D eigenvalue weighted by Crippen LogP contribution is -2.33. The fraction of sp³-hybridized carbons (Fsp3) is 0.450. The fourth-order valence-corrected chi connectivity index (χ4v) is 4.74. The highest BCUT2D eigenvalue weighted by Gasteiger charge is 2.20. The Kier molecular flexibility index (Phi) is 8.48. The molecule has 0 aliphatic carbocycles. The van der Waals surface area contributed by atoms with Gasteiger partial charge in [-0.2, -0.15) is 0 Å². The summed E-state index contributed by atoms with van der Waals surface area (Å²) in [7, 11) is 2.04. The number of benzene rings is 1. The van der Waals surface area contributed by atoms with E-state index in [0.29, 0.717) is 36.7 Å². The van der Waals surface area contributed by atoms with Crippen LogP contribution in [-0.2, 0) is 21.3 Å². The predicted molar refractivity (Wildman–Crippen MR) is 119 cm³/mol. The lowest BCUT2D eigenvalue weighted by Gasteiger charge is -2.26. The highest BCUT2D eigenvalue weighted by atomic mass is 32.2. The number of anilines is 2. The van der Waals surface area contributed by atoms with Crippen LogP contribution in [0.5, 0.6) is 0 Å². The predicted octanol–water partition coefficient (Wildman–Crippen LogP) is 3.25. The van der Waals surface area contributed by atoms with Crippen molar-refractivity contribution in [3.05, 3.63) is 46.2 Å². The monoisotopic (exact) mass is 439 g/mol. The maximum absolute atomic E-state index is 13.0. The van der Waals surface area contributed by atoms with Crippen molar-refractivity contribution < 1.29 is 17.9 Å². The van der Waals surface area contributed by atoms with Gasteiger partial charge in [0.05, 0.1) is 17.2 Å². The number of amides is 1. The number of nitrogens with one attached hydrogen (secondary N) is 1. The Morgan fingerprint density at radius 2 is 2.00 bits per heavy atom. The van der Waals surface area contributed by atoms with E-state index in [1.54, 1.807) is 30.2 Å². The molecular formula is C20H29N3O4S2. The van der Waals surface area contributed by atoms with Crippen LogP contribution < -0.4 is 9.62 Å². The van der Waals surface area contributed by atoms with Crippen molar-refractivity contribution in [3.63, 3.8) is 0 Å². The molecule has 9 heteroatoms. The molecular weight excluding hydrogens is 410 g/mol. The number of ether oxygens (including phenoxy) is 1. The third kappa shape index (κ3) is 6.73. The molecule has 0 unspecified atom stereocenters. The van der Waals surface area contributed by atoms with Crippen LogP contribution in [0.1, 0.15) is 28.6 Å². The van der Waals surface area contributed by atoms with Crippen molar-refractivity contribution in [2.24, 2.45) is 0 Å². The molecule has 0 atom stereocenters. The van der Waals surface area contributed by atoms with Crippen LogP contribution in [0.15, 0.2) is 35.7 Å². The molecule has 0 saturated carbocycles. The number of rotatable bonds is 11. The molecule has 1 aromatic heterocycles. The van der Waals surface area contributed by atoms with E-state index in [1.165, 1.54) is 11.3 Å². The van der Waals surface area contributed by atoms with Gasteiger partial charge in [0, 0.05) is 45.7 Å². The van der Waals surface area contributed by atoms with Gasteiger partial charge in [0.1, 0.15) is 0 Å². The fourth-order valence-electron chi connectivity index (χ4n) is 2.93. The minimum absolute atomic E-state index is 0.0641. The number of hydrogen-bond acceptors (Lipinski definition) is 6. The highest BCUT2D eigenvalue weighted by molar-refractivity contribution is 7.92. The van der Waals surface area contributed by atoms with Gasteiger partial charge in [-0.15, -0.1) is 11.3 Å². The first-order chi connectivity index (χ1) is 13.8. The highest BCUT2D eigenvalue weighted by Crippen LogP contribution is 2.26. The van der Waals surface area contributed by atoms with Gasteiger partial charge in [0.2, 0.25) is 10.0 Å². The SMILES string of the molecule is CCCS(=O)(=O)Nc1ccc(N(C)C)c(CN(CCOC)C(=O)c2cccs2)c1. The van der Waals surface area contributed by atoms with Gasteiger partial charge >= 0.3 is 0 Å². The standard InChI is InChI=1S/C20H29N3O4S2/c1-5-13-29(25,26)21-17-8-9-18(22(2)3)16(14-17)15-23(10-11-27-4)20(24)19-7-6-12-28-19/h6-9,12,14,21H,5,10-11,13,15H2,1-4H3. The Bertz CT molecular complexity index is 896. The number of carbonyl (C=O) groups is 1. The molecule has 1 amide bonds. The first-order valence-electron chi connectivity index (χ1n) is 9.40. The van der Waals surface area contributed by atoms with Crippen LogP contribution in [0.25, 0.3) is 0 Å². The molecule has 29 heavy (non-hydrogen) atoms. The molecule has 0 aliphatic heterocycles. The van der Waals surface area contributed by atoms with Gasteiger partial charge in [-0.1, -0.05) is 13.0 Å². The average molecular weight is 440 g/mol. The van der Waals surface area contributed by atoms with Crippen molar-refractivity contribution in [1.29, 1.82) is 0 Å². The lowest BCUT2D eigenvalue weighted by molar-refractivity contribution is 0.0685. The van der Waals surface area contributed by atoms with Crippen LogP contribution in [0.2, 0.25) is 0 Å². The maximum atomic E-state index is 13.0. The van der Waals surface area contributed by atoms with Crippen LogP contribution in [-0.4, -0.2) is 59.3 Å². The van der Waals surface area contributed by atoms with E-state index < -0.39 is 10.0 Å². The van der Waals surface area contributed by atoms with Crippen molar-refractivity contribution in [3.8, 4) is 0 Å². The number of thiophene rings is 1. The second-order valence-electron chi connectivity index (χ2n) is 6.86. The zero-order valence-electron chi connectivity index (χ0n) is 17.3. The van der Waals surface area contributed by atoms with Crippen molar-refractivity contribution in [1.82, 2.24) is 4.90 Å². The van der Waals surface area contributed by atoms with Gasteiger partial charge in [0.15, 0.2) is 0 Å². The molecule has 2 rings (SSSR count). The van der Waals surface area contributed by atoms with Crippen LogP contribution >= 0.6 is 11.3 Å². The summed E-state index contributed by atoms with van der Waals surface area (Å²) in [5, 5.41) is 1.87. The summed E-state index contributed by atoms with van der Waals surface area (Å²) >= 11 is 1.40.